The number of hydrogen-bond acceptors (Lipinski definition) is 6. The second-order valence-corrected chi connectivity index (χ2v) is 8.11. The van der Waals surface area contributed by atoms with Crippen LogP contribution in [-0.4, -0.2) is 24.2 Å². The minimum Gasteiger partial charge on any atom is -0.493 e. The number of rotatable bonds is 5. The van der Waals surface area contributed by atoms with Crippen molar-refractivity contribution in [3.05, 3.63) is 94.1 Å². The van der Waals surface area contributed by atoms with Crippen molar-refractivity contribution in [3.63, 3.8) is 0 Å². The van der Waals surface area contributed by atoms with Crippen molar-refractivity contribution in [3.8, 4) is 11.5 Å². The van der Waals surface area contributed by atoms with Crippen LogP contribution in [0.4, 0.5) is 10.1 Å². The molecule has 1 N–H and O–H groups in total. The summed E-state index contributed by atoms with van der Waals surface area (Å²) in [4.78, 5) is 29.7. The van der Waals surface area contributed by atoms with Crippen LogP contribution in [0, 0.1) is 12.7 Å². The zero-order valence-corrected chi connectivity index (χ0v) is 18.6. The van der Waals surface area contributed by atoms with E-state index < -0.39 is 11.8 Å². The molecule has 0 aromatic heterocycles. The molecule has 1 aliphatic rings. The number of carbonyl (C=O) groups is 2. The number of aliphatic imine (C=N–C) groups is 1. The van der Waals surface area contributed by atoms with Crippen LogP contribution in [0.2, 0.25) is 0 Å². The Balaban J connectivity index is 1.52. The number of hydrogen-bond donors (Lipinski definition) is 1. The first-order valence-electron chi connectivity index (χ1n) is 9.94. The van der Waals surface area contributed by atoms with Gasteiger partial charge in [-0.1, -0.05) is 24.3 Å². The lowest BCUT2D eigenvalue weighted by atomic mass is 10.1. The van der Waals surface area contributed by atoms with Crippen LogP contribution in [-0.2, 0) is 4.79 Å². The van der Waals surface area contributed by atoms with Crippen molar-refractivity contribution in [1.29, 1.82) is 0 Å². The molecule has 33 heavy (non-hydrogen) atoms. The fraction of sp³-hybridized carbons (Fsp3) is 0.0800. The van der Waals surface area contributed by atoms with E-state index in [-0.39, 0.29) is 17.2 Å². The van der Waals surface area contributed by atoms with Crippen molar-refractivity contribution in [2.75, 3.05) is 7.11 Å². The Morgan fingerprint density at radius 2 is 1.82 bits per heavy atom. The summed E-state index contributed by atoms with van der Waals surface area (Å²) >= 11 is 1.24. The summed E-state index contributed by atoms with van der Waals surface area (Å²) in [7, 11) is 1.45. The molecule has 0 aliphatic carbocycles. The van der Waals surface area contributed by atoms with Gasteiger partial charge in [-0.15, -0.1) is 0 Å². The Bertz CT molecular complexity index is 1290. The third-order valence-corrected chi connectivity index (χ3v) is 5.67. The zero-order chi connectivity index (χ0) is 23.4. The Morgan fingerprint density at radius 3 is 2.55 bits per heavy atom. The SMILES string of the molecule is COc1cc(/C=C2\SC(=Nc3ccccc3C)NC2=O)ccc1OC(=O)c1ccc(F)cc1. The first-order valence-corrected chi connectivity index (χ1v) is 10.8. The fourth-order valence-electron chi connectivity index (χ4n) is 3.03. The van der Waals surface area contributed by atoms with E-state index >= 15 is 0 Å². The zero-order valence-electron chi connectivity index (χ0n) is 17.8. The number of carbonyl (C=O) groups excluding carboxylic acids is 2. The molecular formula is C25H19FN2O4S. The van der Waals surface area contributed by atoms with E-state index in [1.165, 1.54) is 43.1 Å². The van der Waals surface area contributed by atoms with Crippen LogP contribution < -0.4 is 14.8 Å². The molecule has 0 bridgehead atoms. The molecule has 6 nitrogen and oxygen atoms in total. The van der Waals surface area contributed by atoms with Crippen molar-refractivity contribution in [2.24, 2.45) is 4.99 Å². The molecule has 0 spiro atoms. The molecule has 1 heterocycles. The smallest absolute Gasteiger partial charge is 0.343 e. The third kappa shape index (κ3) is 5.30. The van der Waals surface area contributed by atoms with Gasteiger partial charge in [0.15, 0.2) is 16.7 Å². The second kappa shape index (κ2) is 9.70. The van der Waals surface area contributed by atoms with Crippen LogP contribution in [0.25, 0.3) is 6.08 Å². The van der Waals surface area contributed by atoms with E-state index in [1.807, 2.05) is 31.2 Å². The molecule has 166 valence electrons. The maximum Gasteiger partial charge on any atom is 0.343 e. The van der Waals surface area contributed by atoms with Gasteiger partial charge in [-0.25, -0.2) is 14.2 Å². The van der Waals surface area contributed by atoms with Gasteiger partial charge in [0.1, 0.15) is 5.82 Å². The molecule has 0 atom stereocenters. The summed E-state index contributed by atoms with van der Waals surface area (Å²) in [6.45, 7) is 1.95. The lowest BCUT2D eigenvalue weighted by molar-refractivity contribution is -0.115. The summed E-state index contributed by atoms with van der Waals surface area (Å²) in [5.74, 6) is -0.806. The van der Waals surface area contributed by atoms with Gasteiger partial charge >= 0.3 is 5.97 Å². The molecular weight excluding hydrogens is 443 g/mol. The van der Waals surface area contributed by atoms with E-state index in [4.69, 9.17) is 9.47 Å². The van der Waals surface area contributed by atoms with E-state index in [0.29, 0.717) is 21.4 Å². The normalized spacial score (nSPS) is 15.5. The van der Waals surface area contributed by atoms with Gasteiger partial charge in [0.05, 0.1) is 23.3 Å². The van der Waals surface area contributed by atoms with Crippen LogP contribution in [0.5, 0.6) is 11.5 Å². The number of para-hydroxylation sites is 1. The Morgan fingerprint density at radius 1 is 1.06 bits per heavy atom. The van der Waals surface area contributed by atoms with Crippen molar-refractivity contribution >= 4 is 40.6 Å². The van der Waals surface area contributed by atoms with Crippen molar-refractivity contribution in [2.45, 2.75) is 6.92 Å². The number of amidine groups is 1. The van der Waals surface area contributed by atoms with Gasteiger partial charge in [0.2, 0.25) is 0 Å². The average Bonchev–Trinajstić information content (AvgIpc) is 3.15. The summed E-state index contributed by atoms with van der Waals surface area (Å²) in [6.07, 6.45) is 1.70. The number of esters is 1. The number of thioether (sulfide) groups is 1. The molecule has 0 radical (unpaired) electrons. The topological polar surface area (TPSA) is 77.0 Å². The fourth-order valence-corrected chi connectivity index (χ4v) is 3.87. The largest absolute Gasteiger partial charge is 0.493 e. The first-order chi connectivity index (χ1) is 15.9. The van der Waals surface area contributed by atoms with Crippen LogP contribution in [0.15, 0.2) is 76.6 Å². The Kier molecular flexibility index (Phi) is 6.55. The number of aryl methyl sites for hydroxylation is 1. The first kappa shape index (κ1) is 22.3. The van der Waals surface area contributed by atoms with Gasteiger partial charge in [-0.05, 0) is 78.4 Å². The number of nitrogens with one attached hydrogen (secondary N) is 1. The predicted molar refractivity (Wildman–Crippen MR) is 126 cm³/mol. The van der Waals surface area contributed by atoms with Gasteiger partial charge in [-0.3, -0.25) is 4.79 Å². The number of nitrogens with zero attached hydrogens (tertiary/aromatic N) is 1. The van der Waals surface area contributed by atoms with Gasteiger partial charge in [-0.2, -0.15) is 0 Å². The number of amides is 1. The molecule has 1 fully saturated rings. The summed E-state index contributed by atoms with van der Waals surface area (Å²) in [5.41, 5.74) is 2.69. The molecule has 3 aromatic rings. The maximum absolute atomic E-state index is 13.1. The quantitative estimate of drug-likeness (QED) is 0.318. The minimum absolute atomic E-state index is 0.208. The molecule has 1 aliphatic heterocycles. The number of ether oxygens (including phenoxy) is 2. The van der Waals surface area contributed by atoms with Crippen LogP contribution in [0.3, 0.4) is 0 Å². The number of methoxy groups -OCH3 is 1. The molecule has 0 saturated carbocycles. The maximum atomic E-state index is 13.1. The van der Waals surface area contributed by atoms with Crippen molar-refractivity contribution < 1.29 is 23.5 Å². The second-order valence-electron chi connectivity index (χ2n) is 7.07. The lowest BCUT2D eigenvalue weighted by Crippen LogP contribution is -2.19. The van der Waals surface area contributed by atoms with Crippen LogP contribution in [0.1, 0.15) is 21.5 Å². The monoisotopic (exact) mass is 462 g/mol. The van der Waals surface area contributed by atoms with E-state index in [2.05, 4.69) is 10.3 Å². The van der Waals surface area contributed by atoms with E-state index in [0.717, 1.165) is 11.3 Å². The van der Waals surface area contributed by atoms with E-state index in [1.54, 1.807) is 24.3 Å². The molecule has 0 unspecified atom stereocenters. The highest BCUT2D eigenvalue weighted by Gasteiger charge is 2.24. The highest BCUT2D eigenvalue weighted by molar-refractivity contribution is 8.18. The van der Waals surface area contributed by atoms with Gasteiger partial charge in [0, 0.05) is 0 Å². The molecule has 8 heteroatoms. The Labute approximate surface area is 194 Å². The average molecular weight is 463 g/mol. The highest BCUT2D eigenvalue weighted by Crippen LogP contribution is 2.33. The summed E-state index contributed by atoms with van der Waals surface area (Å²) in [6, 6.07) is 17.6. The van der Waals surface area contributed by atoms with E-state index in [9.17, 15) is 14.0 Å². The summed E-state index contributed by atoms with van der Waals surface area (Å²) in [5, 5.41) is 3.26. The molecule has 1 amide bonds. The number of halogens is 1. The standard InChI is InChI=1S/C25H19FN2O4S/c1-15-5-3-4-6-19(15)27-25-28-23(29)22(33-25)14-16-7-12-20(21(13-16)31-2)32-24(30)17-8-10-18(26)11-9-17/h3-14H,1-2H3,(H,27,28,29)/b22-14-. The van der Waals surface area contributed by atoms with Gasteiger partial charge in [0.25, 0.3) is 5.91 Å². The highest BCUT2D eigenvalue weighted by atomic mass is 32.2. The van der Waals surface area contributed by atoms with Crippen LogP contribution >= 0.6 is 11.8 Å². The lowest BCUT2D eigenvalue weighted by Gasteiger charge is -2.10. The predicted octanol–water partition coefficient (Wildman–Crippen LogP) is 5.25. The minimum atomic E-state index is -0.637. The molecule has 1 saturated heterocycles. The molecule has 3 aromatic carbocycles. The Hall–Kier alpha value is -3.91. The van der Waals surface area contributed by atoms with Crippen molar-refractivity contribution in [1.82, 2.24) is 5.32 Å². The number of benzene rings is 3. The molecule has 4 rings (SSSR count). The summed E-state index contributed by atoms with van der Waals surface area (Å²) < 4.78 is 23.8. The third-order valence-electron chi connectivity index (χ3n) is 4.76. The van der Waals surface area contributed by atoms with Gasteiger partial charge < -0.3 is 14.8 Å².